The molecule has 1 amide bonds. The molecule has 2 aromatic rings. The van der Waals surface area contributed by atoms with Crippen LogP contribution >= 0.6 is 11.6 Å². The standard InChI is InChI=1S/C20H24ClNO3/c1-13(2)24-12-16-6-5-7-17(11-16)22-20(23)15(4)25-19-10-14(3)8-9-18(19)21/h5-11,13,15H,12H2,1-4H3,(H,22,23). The molecule has 0 heterocycles. The molecule has 0 spiro atoms. The molecule has 4 nitrogen and oxygen atoms in total. The molecule has 5 heteroatoms. The minimum absolute atomic E-state index is 0.158. The highest BCUT2D eigenvalue weighted by Gasteiger charge is 2.16. The van der Waals surface area contributed by atoms with Crippen molar-refractivity contribution >= 4 is 23.2 Å². The first-order valence-corrected chi connectivity index (χ1v) is 8.67. The number of carbonyl (C=O) groups excluding carboxylic acids is 1. The lowest BCUT2D eigenvalue weighted by molar-refractivity contribution is -0.122. The maximum atomic E-state index is 12.4. The number of rotatable bonds is 7. The Morgan fingerprint density at radius 2 is 1.92 bits per heavy atom. The lowest BCUT2D eigenvalue weighted by Crippen LogP contribution is -2.30. The zero-order chi connectivity index (χ0) is 18.4. The van der Waals surface area contributed by atoms with E-state index in [-0.39, 0.29) is 12.0 Å². The molecule has 1 atom stereocenters. The Morgan fingerprint density at radius 3 is 2.64 bits per heavy atom. The van der Waals surface area contributed by atoms with Gasteiger partial charge in [-0.05, 0) is 63.1 Å². The fourth-order valence-electron chi connectivity index (χ4n) is 2.19. The van der Waals surface area contributed by atoms with Crippen molar-refractivity contribution in [2.45, 2.75) is 46.5 Å². The zero-order valence-electron chi connectivity index (χ0n) is 15.0. The smallest absolute Gasteiger partial charge is 0.265 e. The van der Waals surface area contributed by atoms with Gasteiger partial charge in [0.2, 0.25) is 0 Å². The molecule has 0 bridgehead atoms. The fraction of sp³-hybridized carbons (Fsp3) is 0.350. The van der Waals surface area contributed by atoms with Crippen LogP contribution in [0, 0.1) is 6.92 Å². The van der Waals surface area contributed by atoms with Gasteiger partial charge in [-0.15, -0.1) is 0 Å². The van der Waals surface area contributed by atoms with Gasteiger partial charge in [0.15, 0.2) is 6.10 Å². The minimum Gasteiger partial charge on any atom is -0.479 e. The molecule has 134 valence electrons. The average molecular weight is 362 g/mol. The number of nitrogens with one attached hydrogen (secondary N) is 1. The Hall–Kier alpha value is -2.04. The van der Waals surface area contributed by atoms with Gasteiger partial charge >= 0.3 is 0 Å². The third-order valence-corrected chi connectivity index (χ3v) is 3.85. The third kappa shape index (κ3) is 6.07. The molecule has 0 aliphatic carbocycles. The van der Waals surface area contributed by atoms with Crippen LogP contribution in [0.4, 0.5) is 5.69 Å². The first-order valence-electron chi connectivity index (χ1n) is 8.29. The Bertz CT molecular complexity index is 731. The van der Waals surface area contributed by atoms with Gasteiger partial charge in [0.05, 0.1) is 17.7 Å². The molecule has 0 saturated heterocycles. The van der Waals surface area contributed by atoms with E-state index in [2.05, 4.69) is 5.32 Å². The number of aryl methyl sites for hydroxylation is 1. The lowest BCUT2D eigenvalue weighted by Gasteiger charge is -2.16. The van der Waals surface area contributed by atoms with E-state index in [1.165, 1.54) is 0 Å². The van der Waals surface area contributed by atoms with E-state index >= 15 is 0 Å². The summed E-state index contributed by atoms with van der Waals surface area (Å²) in [6, 6.07) is 13.0. The van der Waals surface area contributed by atoms with E-state index in [4.69, 9.17) is 21.1 Å². The Balaban J connectivity index is 1.99. The van der Waals surface area contributed by atoms with Crippen LogP contribution in [-0.4, -0.2) is 18.1 Å². The van der Waals surface area contributed by atoms with Gasteiger partial charge in [0, 0.05) is 5.69 Å². The van der Waals surface area contributed by atoms with Crippen LogP contribution in [0.1, 0.15) is 31.9 Å². The topological polar surface area (TPSA) is 47.6 Å². The van der Waals surface area contributed by atoms with Crippen LogP contribution in [0.15, 0.2) is 42.5 Å². The third-order valence-electron chi connectivity index (χ3n) is 3.54. The number of benzene rings is 2. The van der Waals surface area contributed by atoms with Crippen molar-refractivity contribution in [1.82, 2.24) is 0 Å². The van der Waals surface area contributed by atoms with Crippen molar-refractivity contribution in [2.24, 2.45) is 0 Å². The summed E-state index contributed by atoms with van der Waals surface area (Å²) >= 11 is 6.12. The molecule has 0 aliphatic heterocycles. The molecule has 0 saturated carbocycles. The second kappa shape index (κ2) is 8.88. The van der Waals surface area contributed by atoms with Gasteiger partial charge < -0.3 is 14.8 Å². The van der Waals surface area contributed by atoms with E-state index in [0.29, 0.717) is 23.1 Å². The van der Waals surface area contributed by atoms with Crippen LogP contribution in [-0.2, 0) is 16.1 Å². The van der Waals surface area contributed by atoms with Crippen molar-refractivity contribution in [2.75, 3.05) is 5.32 Å². The monoisotopic (exact) mass is 361 g/mol. The molecular formula is C20H24ClNO3. The van der Waals surface area contributed by atoms with Gasteiger partial charge in [-0.2, -0.15) is 0 Å². The lowest BCUT2D eigenvalue weighted by atomic mass is 10.2. The van der Waals surface area contributed by atoms with Crippen molar-refractivity contribution in [1.29, 1.82) is 0 Å². The van der Waals surface area contributed by atoms with Crippen LogP contribution in [0.25, 0.3) is 0 Å². The van der Waals surface area contributed by atoms with Crippen molar-refractivity contribution in [3.8, 4) is 5.75 Å². The maximum Gasteiger partial charge on any atom is 0.265 e. The largest absolute Gasteiger partial charge is 0.479 e. The SMILES string of the molecule is Cc1ccc(Cl)c(OC(C)C(=O)Nc2cccc(COC(C)C)c2)c1. The highest BCUT2D eigenvalue weighted by molar-refractivity contribution is 6.32. The number of hydrogen-bond donors (Lipinski definition) is 1. The van der Waals surface area contributed by atoms with Gasteiger partial charge in [-0.25, -0.2) is 0 Å². The van der Waals surface area contributed by atoms with Gasteiger partial charge in [0.1, 0.15) is 5.75 Å². The van der Waals surface area contributed by atoms with Crippen molar-refractivity contribution in [3.05, 3.63) is 58.6 Å². The van der Waals surface area contributed by atoms with Crippen LogP contribution < -0.4 is 10.1 Å². The van der Waals surface area contributed by atoms with Crippen LogP contribution in [0.3, 0.4) is 0 Å². The predicted octanol–water partition coefficient (Wildman–Crippen LogP) is 4.98. The molecule has 25 heavy (non-hydrogen) atoms. The summed E-state index contributed by atoms with van der Waals surface area (Å²) in [7, 11) is 0. The second-order valence-corrected chi connectivity index (χ2v) is 6.65. The number of carbonyl (C=O) groups is 1. The van der Waals surface area contributed by atoms with E-state index in [0.717, 1.165) is 11.1 Å². The summed E-state index contributed by atoms with van der Waals surface area (Å²) in [6.45, 7) is 8.12. The van der Waals surface area contributed by atoms with Gasteiger partial charge in [-0.3, -0.25) is 4.79 Å². The Morgan fingerprint density at radius 1 is 1.16 bits per heavy atom. The Labute approximate surface area is 154 Å². The molecule has 2 rings (SSSR count). The average Bonchev–Trinajstić information content (AvgIpc) is 2.56. The summed E-state index contributed by atoms with van der Waals surface area (Å²) in [5, 5.41) is 3.35. The first-order chi connectivity index (χ1) is 11.8. The van der Waals surface area contributed by atoms with Crippen LogP contribution in [0.5, 0.6) is 5.75 Å². The molecule has 1 unspecified atom stereocenters. The van der Waals surface area contributed by atoms with E-state index in [1.54, 1.807) is 13.0 Å². The summed E-state index contributed by atoms with van der Waals surface area (Å²) in [4.78, 5) is 12.4. The number of anilines is 1. The van der Waals surface area contributed by atoms with Crippen molar-refractivity contribution in [3.63, 3.8) is 0 Å². The van der Waals surface area contributed by atoms with Crippen molar-refractivity contribution < 1.29 is 14.3 Å². The molecule has 0 aliphatic rings. The zero-order valence-corrected chi connectivity index (χ0v) is 15.8. The van der Waals surface area contributed by atoms with Gasteiger partial charge in [-0.1, -0.05) is 29.8 Å². The molecular weight excluding hydrogens is 338 g/mol. The molecule has 0 fully saturated rings. The molecule has 2 aromatic carbocycles. The maximum absolute atomic E-state index is 12.4. The summed E-state index contributed by atoms with van der Waals surface area (Å²) in [5.41, 5.74) is 2.73. The number of ether oxygens (including phenoxy) is 2. The summed E-state index contributed by atoms with van der Waals surface area (Å²) in [6.07, 6.45) is -0.513. The molecule has 0 aromatic heterocycles. The number of hydrogen-bond acceptors (Lipinski definition) is 3. The first kappa shape index (κ1) is 19.3. The van der Waals surface area contributed by atoms with E-state index in [1.807, 2.05) is 57.2 Å². The minimum atomic E-state index is -0.671. The summed E-state index contributed by atoms with van der Waals surface area (Å²) in [5.74, 6) is 0.267. The quantitative estimate of drug-likeness (QED) is 0.756. The summed E-state index contributed by atoms with van der Waals surface area (Å²) < 4.78 is 11.3. The Kier molecular flexibility index (Phi) is 6.85. The van der Waals surface area contributed by atoms with Gasteiger partial charge in [0.25, 0.3) is 5.91 Å². The molecule has 0 radical (unpaired) electrons. The van der Waals surface area contributed by atoms with E-state index in [9.17, 15) is 4.79 Å². The highest BCUT2D eigenvalue weighted by atomic mass is 35.5. The fourth-order valence-corrected chi connectivity index (χ4v) is 2.35. The predicted molar refractivity (Wildman–Crippen MR) is 101 cm³/mol. The normalized spacial score (nSPS) is 12.1. The number of amides is 1. The highest BCUT2D eigenvalue weighted by Crippen LogP contribution is 2.26. The number of halogens is 1. The van der Waals surface area contributed by atoms with E-state index < -0.39 is 6.10 Å². The van der Waals surface area contributed by atoms with Crippen LogP contribution in [0.2, 0.25) is 5.02 Å². The molecule has 1 N–H and O–H groups in total. The second-order valence-electron chi connectivity index (χ2n) is 6.24.